The summed E-state index contributed by atoms with van der Waals surface area (Å²) in [4.78, 5) is 14.2. The minimum Gasteiger partial charge on any atom is -0.493 e. The van der Waals surface area contributed by atoms with Crippen molar-refractivity contribution in [1.29, 1.82) is 0 Å². The molecule has 0 saturated carbocycles. The molecule has 2 N–H and O–H groups in total. The monoisotopic (exact) mass is 421 g/mol. The van der Waals surface area contributed by atoms with Crippen LogP contribution in [0.4, 0.5) is 0 Å². The zero-order valence-corrected chi connectivity index (χ0v) is 18.4. The van der Waals surface area contributed by atoms with Crippen LogP contribution >= 0.6 is 11.6 Å². The topological polar surface area (TPSA) is 61.2 Å². The van der Waals surface area contributed by atoms with Crippen molar-refractivity contribution < 1.29 is 23.9 Å². The van der Waals surface area contributed by atoms with Gasteiger partial charge in [-0.25, -0.2) is 0 Å². The van der Waals surface area contributed by atoms with Gasteiger partial charge in [0.05, 0.1) is 41.0 Å². The Labute approximate surface area is 177 Å². The summed E-state index contributed by atoms with van der Waals surface area (Å²) in [6.45, 7) is 6.56. The first kappa shape index (κ1) is 22.8. The van der Waals surface area contributed by atoms with Gasteiger partial charge in [0.25, 0.3) is 5.91 Å². The Bertz CT molecular complexity index is 799. The van der Waals surface area contributed by atoms with Crippen LogP contribution in [-0.2, 0) is 0 Å². The molecule has 1 amide bonds. The van der Waals surface area contributed by atoms with Gasteiger partial charge in [-0.2, -0.15) is 0 Å². The number of halogens is 1. The molecule has 0 aliphatic carbocycles. The maximum absolute atomic E-state index is 12.9. The Morgan fingerprint density at radius 1 is 1.03 bits per heavy atom. The average molecular weight is 422 g/mol. The van der Waals surface area contributed by atoms with E-state index in [-0.39, 0.29) is 11.9 Å². The summed E-state index contributed by atoms with van der Waals surface area (Å²) in [6, 6.07) is 11.1. The molecule has 2 rings (SSSR count). The van der Waals surface area contributed by atoms with E-state index in [1.165, 1.54) is 26.2 Å². The zero-order valence-electron chi connectivity index (χ0n) is 17.7. The van der Waals surface area contributed by atoms with Crippen molar-refractivity contribution in [3.8, 4) is 17.2 Å². The minimum absolute atomic E-state index is 0.0460. The van der Waals surface area contributed by atoms with E-state index in [9.17, 15) is 4.79 Å². The Balaban J connectivity index is 2.27. The molecule has 2 aromatic rings. The number of quaternary nitrogens is 1. The molecule has 29 heavy (non-hydrogen) atoms. The quantitative estimate of drug-likeness (QED) is 0.619. The summed E-state index contributed by atoms with van der Waals surface area (Å²) >= 11 is 6.45. The number of methoxy groups -OCH3 is 3. The molecule has 0 unspecified atom stereocenters. The van der Waals surface area contributed by atoms with E-state index in [4.69, 9.17) is 25.8 Å². The number of nitrogens with one attached hydrogen (secondary N) is 2. The lowest BCUT2D eigenvalue weighted by Gasteiger charge is -2.28. The van der Waals surface area contributed by atoms with Gasteiger partial charge in [-0.05, 0) is 32.0 Å². The highest BCUT2D eigenvalue weighted by Gasteiger charge is 2.25. The third-order valence-electron chi connectivity index (χ3n) is 5.08. The second-order valence-corrected chi connectivity index (χ2v) is 6.97. The molecule has 158 valence electrons. The molecule has 0 aliphatic rings. The molecule has 0 fully saturated rings. The summed E-state index contributed by atoms with van der Waals surface area (Å²) in [5, 5.41) is 3.75. The van der Waals surface area contributed by atoms with E-state index in [0.717, 1.165) is 18.7 Å². The zero-order chi connectivity index (χ0) is 21.4. The molecule has 0 radical (unpaired) electrons. The summed E-state index contributed by atoms with van der Waals surface area (Å²) in [6.07, 6.45) is 0. The summed E-state index contributed by atoms with van der Waals surface area (Å²) < 4.78 is 16.0. The first-order valence-electron chi connectivity index (χ1n) is 9.67. The first-order valence-corrected chi connectivity index (χ1v) is 10.1. The second kappa shape index (κ2) is 10.9. The molecule has 0 saturated heterocycles. The van der Waals surface area contributed by atoms with Gasteiger partial charge in [-0.15, -0.1) is 0 Å². The highest BCUT2D eigenvalue weighted by Crippen LogP contribution is 2.38. The molecule has 0 aliphatic heterocycles. The molecule has 2 aromatic carbocycles. The average Bonchev–Trinajstić information content (AvgIpc) is 2.75. The highest BCUT2D eigenvalue weighted by atomic mass is 35.5. The lowest BCUT2D eigenvalue weighted by Crippen LogP contribution is -3.12. The van der Waals surface area contributed by atoms with Crippen molar-refractivity contribution in [2.45, 2.75) is 19.9 Å². The standard InChI is InChI=1S/C22H29ClN2O4/c1-6-25(7-2)18(16-10-8-9-11-17(16)23)14-24-22(26)15-12-19(27-3)21(29-5)20(13-15)28-4/h8-13,18H,6-7,14H2,1-5H3,(H,24,26)/p+1/t18-/m1/s1. The normalized spacial score (nSPS) is 11.8. The van der Waals surface area contributed by atoms with Gasteiger partial charge in [0.1, 0.15) is 6.04 Å². The van der Waals surface area contributed by atoms with Gasteiger partial charge in [0, 0.05) is 16.1 Å². The van der Waals surface area contributed by atoms with Crippen LogP contribution in [0.15, 0.2) is 36.4 Å². The van der Waals surface area contributed by atoms with Crippen molar-refractivity contribution >= 4 is 17.5 Å². The smallest absolute Gasteiger partial charge is 0.251 e. The lowest BCUT2D eigenvalue weighted by molar-refractivity contribution is -0.927. The SMILES string of the molecule is CC[NH+](CC)[C@H](CNC(=O)c1cc(OC)c(OC)c(OC)c1)c1ccccc1Cl. The molecular weight excluding hydrogens is 392 g/mol. The van der Waals surface area contributed by atoms with Gasteiger partial charge in [0.2, 0.25) is 5.75 Å². The van der Waals surface area contributed by atoms with E-state index in [1.54, 1.807) is 12.1 Å². The van der Waals surface area contributed by atoms with Crippen molar-refractivity contribution in [2.75, 3.05) is 41.0 Å². The van der Waals surface area contributed by atoms with Crippen LogP contribution in [0.25, 0.3) is 0 Å². The lowest BCUT2D eigenvalue weighted by atomic mass is 10.0. The van der Waals surface area contributed by atoms with E-state index in [1.807, 2.05) is 24.3 Å². The van der Waals surface area contributed by atoms with E-state index < -0.39 is 0 Å². The Hall–Kier alpha value is -2.44. The number of benzene rings is 2. The second-order valence-electron chi connectivity index (χ2n) is 6.56. The van der Waals surface area contributed by atoms with Crippen molar-refractivity contribution in [1.82, 2.24) is 5.32 Å². The van der Waals surface area contributed by atoms with Crippen molar-refractivity contribution in [2.24, 2.45) is 0 Å². The third-order valence-corrected chi connectivity index (χ3v) is 5.42. The Kier molecular flexibility index (Phi) is 8.61. The number of hydrogen-bond acceptors (Lipinski definition) is 4. The maximum atomic E-state index is 12.9. The molecule has 1 atom stereocenters. The molecular formula is C22H30ClN2O4+. The van der Waals surface area contributed by atoms with Crippen molar-refractivity contribution in [3.63, 3.8) is 0 Å². The fourth-order valence-corrected chi connectivity index (χ4v) is 3.75. The van der Waals surface area contributed by atoms with Gasteiger partial charge < -0.3 is 24.4 Å². The number of amides is 1. The molecule has 0 spiro atoms. The minimum atomic E-state index is -0.215. The fraction of sp³-hybridized carbons (Fsp3) is 0.409. The van der Waals surface area contributed by atoms with Crippen LogP contribution in [0, 0.1) is 0 Å². The van der Waals surface area contributed by atoms with Crippen LogP contribution in [0.1, 0.15) is 35.8 Å². The van der Waals surface area contributed by atoms with E-state index in [0.29, 0.717) is 34.4 Å². The molecule has 0 aromatic heterocycles. The Morgan fingerprint density at radius 2 is 1.62 bits per heavy atom. The molecule has 0 bridgehead atoms. The van der Waals surface area contributed by atoms with Crippen LogP contribution < -0.4 is 24.4 Å². The summed E-state index contributed by atoms with van der Waals surface area (Å²) in [5.41, 5.74) is 1.46. The third kappa shape index (κ3) is 5.34. The number of carbonyl (C=O) groups is 1. The van der Waals surface area contributed by atoms with E-state index >= 15 is 0 Å². The Morgan fingerprint density at radius 3 is 2.10 bits per heavy atom. The molecule has 6 nitrogen and oxygen atoms in total. The molecule has 7 heteroatoms. The first-order chi connectivity index (χ1) is 14.0. The predicted octanol–water partition coefficient (Wildman–Crippen LogP) is 2.76. The highest BCUT2D eigenvalue weighted by molar-refractivity contribution is 6.31. The van der Waals surface area contributed by atoms with Gasteiger partial charge in [-0.3, -0.25) is 4.79 Å². The maximum Gasteiger partial charge on any atom is 0.251 e. The largest absolute Gasteiger partial charge is 0.493 e. The number of ether oxygens (including phenoxy) is 3. The predicted molar refractivity (Wildman–Crippen MR) is 115 cm³/mol. The summed E-state index contributed by atoms with van der Waals surface area (Å²) in [7, 11) is 4.58. The summed E-state index contributed by atoms with van der Waals surface area (Å²) in [5.74, 6) is 1.11. The van der Waals surface area contributed by atoms with Crippen LogP contribution in [0.2, 0.25) is 5.02 Å². The van der Waals surface area contributed by atoms with Gasteiger partial charge in [0.15, 0.2) is 11.5 Å². The molecule has 0 heterocycles. The van der Waals surface area contributed by atoms with Gasteiger partial charge in [-0.1, -0.05) is 29.8 Å². The number of carbonyl (C=O) groups excluding carboxylic acids is 1. The van der Waals surface area contributed by atoms with Crippen LogP contribution in [0.3, 0.4) is 0 Å². The van der Waals surface area contributed by atoms with Crippen molar-refractivity contribution in [3.05, 3.63) is 52.5 Å². The van der Waals surface area contributed by atoms with Crippen LogP contribution in [0.5, 0.6) is 17.2 Å². The van der Waals surface area contributed by atoms with E-state index in [2.05, 4.69) is 19.2 Å². The number of rotatable bonds is 10. The van der Waals surface area contributed by atoms with Crippen LogP contribution in [-0.4, -0.2) is 46.9 Å². The van der Waals surface area contributed by atoms with Gasteiger partial charge >= 0.3 is 0 Å². The number of hydrogen-bond donors (Lipinski definition) is 2. The fourth-order valence-electron chi connectivity index (χ4n) is 3.48. The number of likely N-dealkylation sites (N-methyl/N-ethyl adjacent to an activating group) is 1.